The van der Waals surface area contributed by atoms with Crippen molar-refractivity contribution in [1.29, 1.82) is 0 Å². The van der Waals surface area contributed by atoms with Gasteiger partial charge in [0, 0.05) is 0 Å². The first-order valence-corrected chi connectivity index (χ1v) is 4.04. The molecular weight excluding hydrogens is 162 g/mol. The van der Waals surface area contributed by atoms with Crippen LogP contribution in [0.5, 0.6) is 0 Å². The first-order chi connectivity index (χ1) is 5.22. The van der Waals surface area contributed by atoms with Crippen LogP contribution in [0, 0.1) is 6.92 Å². The average molecular weight is 171 g/mol. The molecule has 60 valence electrons. The first-order valence-electron chi connectivity index (χ1n) is 3.23. The largest absolute Gasteiger partial charge is 0.324 e. The van der Waals surface area contributed by atoms with Crippen molar-refractivity contribution >= 4 is 17.1 Å². The van der Waals surface area contributed by atoms with Crippen LogP contribution in [0.3, 0.4) is 0 Å². The molecule has 4 nitrogen and oxygen atoms in total. The van der Waals surface area contributed by atoms with Crippen molar-refractivity contribution in [2.24, 2.45) is 5.73 Å². The van der Waals surface area contributed by atoms with Crippen molar-refractivity contribution in [3.8, 4) is 0 Å². The number of aryl methyl sites for hydroxylation is 1. The molecule has 2 N–H and O–H groups in total. The maximum Gasteiger partial charge on any atom is 0.153 e. The Bertz CT molecular complexity index is 258. The molecule has 0 atom stereocenters. The molecule has 0 aliphatic heterocycles. The Hall–Kier alpha value is -0.810. The molecule has 0 spiro atoms. The quantitative estimate of drug-likeness (QED) is 0.690. The van der Waals surface area contributed by atoms with E-state index in [0.717, 1.165) is 10.0 Å². The van der Waals surface area contributed by atoms with Gasteiger partial charge in [0.15, 0.2) is 5.78 Å². The molecule has 0 saturated carbocycles. The summed E-state index contributed by atoms with van der Waals surface area (Å²) >= 11 is 1.43. The fraction of sp³-hybridized carbons (Fsp3) is 0.500. The Morgan fingerprint density at radius 1 is 1.64 bits per heavy atom. The van der Waals surface area contributed by atoms with Crippen molar-refractivity contribution in [1.82, 2.24) is 10.2 Å². The number of carbonyl (C=O) groups excluding carboxylic acids is 1. The van der Waals surface area contributed by atoms with E-state index in [1.807, 2.05) is 6.92 Å². The SMILES string of the molecule is Cc1nnc(CC(=O)CN)s1. The van der Waals surface area contributed by atoms with E-state index in [9.17, 15) is 4.79 Å². The monoisotopic (exact) mass is 171 g/mol. The van der Waals surface area contributed by atoms with Gasteiger partial charge in [-0.05, 0) is 6.92 Å². The number of rotatable bonds is 3. The maximum atomic E-state index is 10.8. The Morgan fingerprint density at radius 3 is 2.82 bits per heavy atom. The van der Waals surface area contributed by atoms with Crippen LogP contribution in [0.4, 0.5) is 0 Å². The molecule has 11 heavy (non-hydrogen) atoms. The molecule has 0 aliphatic carbocycles. The molecule has 0 aliphatic rings. The van der Waals surface area contributed by atoms with Gasteiger partial charge >= 0.3 is 0 Å². The summed E-state index contributed by atoms with van der Waals surface area (Å²) in [5.41, 5.74) is 5.13. The average Bonchev–Trinajstić information content (AvgIpc) is 2.35. The predicted molar refractivity (Wildman–Crippen MR) is 42.4 cm³/mol. The molecule has 0 bridgehead atoms. The summed E-state index contributed by atoms with van der Waals surface area (Å²) in [6.07, 6.45) is 0.321. The van der Waals surface area contributed by atoms with Gasteiger partial charge in [0.05, 0.1) is 13.0 Å². The number of aromatic nitrogens is 2. The lowest BCUT2D eigenvalue weighted by atomic mass is 10.3. The van der Waals surface area contributed by atoms with E-state index >= 15 is 0 Å². The second-order valence-corrected chi connectivity index (χ2v) is 3.40. The number of nitrogens with zero attached hydrogens (tertiary/aromatic N) is 2. The van der Waals surface area contributed by atoms with Crippen LogP contribution in [-0.4, -0.2) is 22.5 Å². The van der Waals surface area contributed by atoms with Crippen LogP contribution in [0.1, 0.15) is 10.0 Å². The highest BCUT2D eigenvalue weighted by atomic mass is 32.1. The Morgan fingerprint density at radius 2 is 2.36 bits per heavy atom. The summed E-state index contributed by atoms with van der Waals surface area (Å²) in [7, 11) is 0. The van der Waals surface area contributed by atoms with E-state index < -0.39 is 0 Å². The smallest absolute Gasteiger partial charge is 0.153 e. The first kappa shape index (κ1) is 8.29. The number of nitrogens with two attached hydrogens (primary N) is 1. The number of hydrogen-bond acceptors (Lipinski definition) is 5. The molecular formula is C6H9N3OS. The van der Waals surface area contributed by atoms with Crippen LogP contribution in [0.2, 0.25) is 0 Å². The molecule has 0 amide bonds. The van der Waals surface area contributed by atoms with E-state index in [4.69, 9.17) is 5.73 Å². The molecule has 0 saturated heterocycles. The topological polar surface area (TPSA) is 68.9 Å². The number of carbonyl (C=O) groups is 1. The number of Topliss-reactive ketones (excluding diaryl/α,β-unsaturated/α-hetero) is 1. The van der Waals surface area contributed by atoms with Crippen molar-refractivity contribution in [3.05, 3.63) is 10.0 Å². The lowest BCUT2D eigenvalue weighted by Gasteiger charge is -1.88. The van der Waals surface area contributed by atoms with Gasteiger partial charge in [-0.15, -0.1) is 21.5 Å². The molecule has 0 fully saturated rings. The van der Waals surface area contributed by atoms with Crippen LogP contribution in [0.15, 0.2) is 0 Å². The van der Waals surface area contributed by atoms with Crippen LogP contribution < -0.4 is 5.73 Å². The van der Waals surface area contributed by atoms with Gasteiger partial charge < -0.3 is 5.73 Å². The Balaban J connectivity index is 2.57. The summed E-state index contributed by atoms with van der Waals surface area (Å²) in [4.78, 5) is 10.8. The van der Waals surface area contributed by atoms with Crippen molar-refractivity contribution in [2.75, 3.05) is 6.54 Å². The molecule has 1 heterocycles. The zero-order valence-electron chi connectivity index (χ0n) is 6.20. The van der Waals surface area contributed by atoms with E-state index in [-0.39, 0.29) is 12.3 Å². The predicted octanol–water partition coefficient (Wildman–Crippen LogP) is -0.0832. The highest BCUT2D eigenvalue weighted by Gasteiger charge is 2.04. The molecule has 1 aromatic heterocycles. The standard InChI is InChI=1S/C6H9N3OS/c1-4-8-9-6(11-4)2-5(10)3-7/h2-3,7H2,1H3. The van der Waals surface area contributed by atoms with Gasteiger partial charge in [-0.25, -0.2) is 0 Å². The minimum atomic E-state index is 0.00106. The summed E-state index contributed by atoms with van der Waals surface area (Å²) in [6.45, 7) is 1.94. The normalized spacial score (nSPS) is 10.0. The van der Waals surface area contributed by atoms with Gasteiger partial charge in [0.2, 0.25) is 0 Å². The molecule has 0 aromatic carbocycles. The van der Waals surface area contributed by atoms with Crippen molar-refractivity contribution in [3.63, 3.8) is 0 Å². The fourth-order valence-corrected chi connectivity index (χ4v) is 1.39. The summed E-state index contributed by atoms with van der Waals surface area (Å²) < 4.78 is 0. The highest BCUT2D eigenvalue weighted by molar-refractivity contribution is 7.11. The Labute approximate surface area is 68.4 Å². The molecule has 1 aromatic rings. The molecule has 1 rings (SSSR count). The maximum absolute atomic E-state index is 10.8. The minimum Gasteiger partial charge on any atom is -0.324 e. The second-order valence-electron chi connectivity index (χ2n) is 2.13. The van der Waals surface area contributed by atoms with Gasteiger partial charge in [-0.3, -0.25) is 4.79 Å². The third-order valence-electron chi connectivity index (χ3n) is 1.14. The lowest BCUT2D eigenvalue weighted by molar-refractivity contribution is -0.117. The zero-order valence-corrected chi connectivity index (χ0v) is 7.02. The highest BCUT2D eigenvalue weighted by Crippen LogP contribution is 2.08. The van der Waals surface area contributed by atoms with Gasteiger partial charge in [0.25, 0.3) is 0 Å². The lowest BCUT2D eigenvalue weighted by Crippen LogP contribution is -2.15. The van der Waals surface area contributed by atoms with E-state index in [2.05, 4.69) is 10.2 Å². The summed E-state index contributed by atoms with van der Waals surface area (Å²) in [6, 6.07) is 0. The number of ketones is 1. The van der Waals surface area contributed by atoms with Crippen LogP contribution in [-0.2, 0) is 11.2 Å². The summed E-state index contributed by atoms with van der Waals surface area (Å²) in [5, 5.41) is 9.20. The number of hydrogen-bond donors (Lipinski definition) is 1. The van der Waals surface area contributed by atoms with Gasteiger partial charge in [-0.1, -0.05) is 0 Å². The molecule has 0 unspecified atom stereocenters. The summed E-state index contributed by atoms with van der Waals surface area (Å²) in [5.74, 6) is 0.00106. The minimum absolute atomic E-state index is 0.00106. The van der Waals surface area contributed by atoms with Gasteiger partial charge in [-0.2, -0.15) is 0 Å². The van der Waals surface area contributed by atoms with Crippen molar-refractivity contribution < 1.29 is 4.79 Å². The van der Waals surface area contributed by atoms with Gasteiger partial charge in [0.1, 0.15) is 10.0 Å². The Kier molecular flexibility index (Phi) is 2.67. The van der Waals surface area contributed by atoms with Crippen LogP contribution >= 0.6 is 11.3 Å². The van der Waals surface area contributed by atoms with E-state index in [1.165, 1.54) is 11.3 Å². The second kappa shape index (κ2) is 3.54. The van der Waals surface area contributed by atoms with E-state index in [1.54, 1.807) is 0 Å². The third-order valence-corrected chi connectivity index (χ3v) is 1.98. The third kappa shape index (κ3) is 2.36. The van der Waals surface area contributed by atoms with Crippen molar-refractivity contribution in [2.45, 2.75) is 13.3 Å². The van der Waals surface area contributed by atoms with Crippen LogP contribution in [0.25, 0.3) is 0 Å². The molecule has 0 radical (unpaired) electrons. The molecule has 5 heteroatoms. The fourth-order valence-electron chi connectivity index (χ4n) is 0.650. The zero-order chi connectivity index (χ0) is 8.27. The van der Waals surface area contributed by atoms with E-state index in [0.29, 0.717) is 6.42 Å².